The van der Waals surface area contributed by atoms with Crippen LogP contribution in [0.2, 0.25) is 0 Å². The molecule has 0 bridgehead atoms. The molecule has 2 fully saturated rings. The van der Waals surface area contributed by atoms with Crippen molar-refractivity contribution in [3.63, 3.8) is 0 Å². The fourth-order valence-electron chi connectivity index (χ4n) is 5.25. The fourth-order valence-corrected chi connectivity index (χ4v) is 6.67. The molecule has 0 atom stereocenters. The number of anilines is 1. The topological polar surface area (TPSA) is 73.0 Å². The molecule has 0 aliphatic carbocycles. The number of piperidine rings is 1. The summed E-state index contributed by atoms with van der Waals surface area (Å²) in [6.07, 6.45) is 3.20. The first-order chi connectivity index (χ1) is 18.0. The zero-order valence-electron chi connectivity index (χ0n) is 21.0. The number of hydrogen-bond acceptors (Lipinski definition) is 4. The molecule has 0 saturated carbocycles. The number of benzene rings is 3. The van der Waals surface area contributed by atoms with Crippen LogP contribution in [-0.2, 0) is 10.0 Å². The molecule has 0 aromatic heterocycles. The molecule has 2 saturated heterocycles. The van der Waals surface area contributed by atoms with E-state index in [1.54, 1.807) is 28.6 Å². The summed E-state index contributed by atoms with van der Waals surface area (Å²) in [6.45, 7) is 3.65. The van der Waals surface area contributed by atoms with E-state index in [1.165, 1.54) is 11.1 Å². The van der Waals surface area contributed by atoms with Crippen molar-refractivity contribution in [2.24, 2.45) is 0 Å². The lowest BCUT2D eigenvalue weighted by Crippen LogP contribution is -2.49. The van der Waals surface area contributed by atoms with Crippen molar-refractivity contribution in [2.45, 2.75) is 30.2 Å². The van der Waals surface area contributed by atoms with Gasteiger partial charge in [-0.1, -0.05) is 60.7 Å². The lowest BCUT2D eigenvalue weighted by atomic mass is 9.96. The van der Waals surface area contributed by atoms with Crippen LogP contribution in [0.4, 0.5) is 10.5 Å². The van der Waals surface area contributed by atoms with Gasteiger partial charge in [-0.05, 0) is 54.7 Å². The first-order valence-corrected chi connectivity index (χ1v) is 14.5. The van der Waals surface area contributed by atoms with Crippen LogP contribution in [0.3, 0.4) is 0 Å². The molecule has 0 radical (unpaired) electrons. The molecule has 2 aliphatic rings. The highest BCUT2D eigenvalue weighted by molar-refractivity contribution is 7.89. The maximum Gasteiger partial charge on any atom is 0.321 e. The van der Waals surface area contributed by atoms with E-state index in [-0.39, 0.29) is 17.0 Å². The van der Waals surface area contributed by atoms with E-state index in [9.17, 15) is 13.2 Å². The summed E-state index contributed by atoms with van der Waals surface area (Å²) in [6, 6.07) is 27.2. The molecule has 7 nitrogen and oxygen atoms in total. The quantitative estimate of drug-likeness (QED) is 0.509. The Morgan fingerprint density at radius 3 is 1.76 bits per heavy atom. The van der Waals surface area contributed by atoms with Crippen LogP contribution < -0.4 is 5.32 Å². The van der Waals surface area contributed by atoms with Crippen LogP contribution >= 0.6 is 0 Å². The molecule has 0 spiro atoms. The van der Waals surface area contributed by atoms with Crippen LogP contribution in [0.15, 0.2) is 89.8 Å². The van der Waals surface area contributed by atoms with Crippen molar-refractivity contribution in [2.75, 3.05) is 44.6 Å². The van der Waals surface area contributed by atoms with Crippen LogP contribution in [-0.4, -0.2) is 67.8 Å². The number of hydrogen-bond donors (Lipinski definition) is 1. The van der Waals surface area contributed by atoms with Crippen molar-refractivity contribution in [1.29, 1.82) is 0 Å². The third-order valence-electron chi connectivity index (χ3n) is 7.26. The van der Waals surface area contributed by atoms with Crippen molar-refractivity contribution in [1.82, 2.24) is 14.1 Å². The predicted octanol–water partition coefficient (Wildman–Crippen LogP) is 4.80. The van der Waals surface area contributed by atoms with Gasteiger partial charge in [0.2, 0.25) is 10.0 Å². The number of likely N-dealkylation sites (tertiary alicyclic amines) is 1. The van der Waals surface area contributed by atoms with E-state index in [0.717, 1.165) is 32.4 Å². The summed E-state index contributed by atoms with van der Waals surface area (Å²) in [5.74, 6) is 0. The molecule has 0 unspecified atom stereocenters. The molecule has 37 heavy (non-hydrogen) atoms. The average molecular weight is 519 g/mol. The van der Waals surface area contributed by atoms with Gasteiger partial charge in [-0.3, -0.25) is 4.90 Å². The zero-order chi connectivity index (χ0) is 25.7. The number of piperazine rings is 1. The molecule has 3 aromatic carbocycles. The Hall–Kier alpha value is -3.20. The minimum atomic E-state index is -3.62. The van der Waals surface area contributed by atoms with Crippen LogP contribution in [0.5, 0.6) is 0 Å². The number of nitrogens with one attached hydrogen (secondary N) is 1. The second kappa shape index (κ2) is 11.5. The van der Waals surface area contributed by atoms with Crippen LogP contribution in [0.1, 0.15) is 36.4 Å². The predicted molar refractivity (Wildman–Crippen MR) is 146 cm³/mol. The van der Waals surface area contributed by atoms with Crippen molar-refractivity contribution in [3.8, 4) is 0 Å². The maximum atomic E-state index is 13.4. The molecule has 8 heteroatoms. The number of urea groups is 1. The van der Waals surface area contributed by atoms with Gasteiger partial charge in [0, 0.05) is 45.0 Å². The highest BCUT2D eigenvalue weighted by Crippen LogP contribution is 2.30. The zero-order valence-corrected chi connectivity index (χ0v) is 21.8. The number of amides is 2. The highest BCUT2D eigenvalue weighted by atomic mass is 32.2. The molecular weight excluding hydrogens is 484 g/mol. The Kier molecular flexibility index (Phi) is 7.88. The Balaban J connectivity index is 1.24. The number of nitrogens with zero attached hydrogens (tertiary/aromatic N) is 3. The number of rotatable bonds is 6. The van der Waals surface area contributed by atoms with E-state index >= 15 is 0 Å². The first-order valence-electron chi connectivity index (χ1n) is 13.0. The third kappa shape index (κ3) is 5.87. The summed E-state index contributed by atoms with van der Waals surface area (Å²) >= 11 is 0. The normalized spacial score (nSPS) is 17.6. The SMILES string of the molecule is O=C(Nc1ccc(S(=O)(=O)N2CCN(C(c3ccccc3)c3ccccc3)CC2)cc1)N1CCCCC1. The van der Waals surface area contributed by atoms with Gasteiger partial charge in [-0.2, -0.15) is 4.31 Å². The summed E-state index contributed by atoms with van der Waals surface area (Å²) < 4.78 is 28.4. The molecule has 2 aliphatic heterocycles. The van der Waals surface area contributed by atoms with Crippen molar-refractivity contribution in [3.05, 3.63) is 96.1 Å². The average Bonchev–Trinajstić information content (AvgIpc) is 2.95. The Bertz CT molecular complexity index is 1230. The van der Waals surface area contributed by atoms with Crippen LogP contribution in [0, 0.1) is 0 Å². The maximum absolute atomic E-state index is 13.4. The number of sulfonamides is 1. The lowest BCUT2D eigenvalue weighted by Gasteiger charge is -2.39. The molecule has 2 heterocycles. The molecular formula is C29H34N4O3S. The summed E-state index contributed by atoms with van der Waals surface area (Å²) in [5, 5.41) is 2.89. The van der Waals surface area contributed by atoms with E-state index in [4.69, 9.17) is 0 Å². The van der Waals surface area contributed by atoms with Gasteiger partial charge in [0.25, 0.3) is 0 Å². The van der Waals surface area contributed by atoms with Gasteiger partial charge in [0.15, 0.2) is 0 Å². The second-order valence-corrected chi connectivity index (χ2v) is 11.6. The Morgan fingerprint density at radius 1 is 0.676 bits per heavy atom. The van der Waals surface area contributed by atoms with Crippen molar-refractivity contribution < 1.29 is 13.2 Å². The molecule has 1 N–H and O–H groups in total. The summed E-state index contributed by atoms with van der Waals surface area (Å²) in [4.78, 5) is 16.9. The third-order valence-corrected chi connectivity index (χ3v) is 9.17. The lowest BCUT2D eigenvalue weighted by molar-refractivity contribution is 0.156. The molecule has 2 amide bonds. The van der Waals surface area contributed by atoms with E-state index < -0.39 is 10.0 Å². The largest absolute Gasteiger partial charge is 0.325 e. The summed E-state index contributed by atoms with van der Waals surface area (Å²) in [7, 11) is -3.62. The summed E-state index contributed by atoms with van der Waals surface area (Å²) in [5.41, 5.74) is 3.01. The highest BCUT2D eigenvalue weighted by Gasteiger charge is 2.32. The van der Waals surface area contributed by atoms with Gasteiger partial charge < -0.3 is 10.2 Å². The van der Waals surface area contributed by atoms with Crippen molar-refractivity contribution >= 4 is 21.7 Å². The molecule has 194 valence electrons. The molecule has 5 rings (SSSR count). The standard InChI is InChI=1S/C29H34N4O3S/c34-29(32-18-8-3-9-19-32)30-26-14-16-27(17-15-26)37(35,36)33-22-20-31(21-23-33)28(24-10-4-1-5-11-24)25-12-6-2-7-13-25/h1-2,4-7,10-17,28H,3,8-9,18-23H2,(H,30,34). The Morgan fingerprint density at radius 2 is 1.22 bits per heavy atom. The molecule has 3 aromatic rings. The van der Waals surface area contributed by atoms with E-state index in [1.807, 2.05) is 41.3 Å². The minimum absolute atomic E-state index is 0.0788. The van der Waals surface area contributed by atoms with Gasteiger partial charge in [0.1, 0.15) is 0 Å². The number of carbonyl (C=O) groups excluding carboxylic acids is 1. The smallest absolute Gasteiger partial charge is 0.321 e. The second-order valence-electron chi connectivity index (χ2n) is 9.67. The van der Waals surface area contributed by atoms with Gasteiger partial charge in [0.05, 0.1) is 10.9 Å². The number of carbonyl (C=O) groups is 1. The van der Waals surface area contributed by atoms with E-state index in [0.29, 0.717) is 31.9 Å². The van der Waals surface area contributed by atoms with Gasteiger partial charge >= 0.3 is 6.03 Å². The van der Waals surface area contributed by atoms with Gasteiger partial charge in [-0.25, -0.2) is 13.2 Å². The van der Waals surface area contributed by atoms with Crippen LogP contribution in [0.25, 0.3) is 0 Å². The fraction of sp³-hybridized carbons (Fsp3) is 0.345. The Labute approximate surface area is 219 Å². The monoisotopic (exact) mass is 518 g/mol. The minimum Gasteiger partial charge on any atom is -0.325 e. The van der Waals surface area contributed by atoms with Gasteiger partial charge in [-0.15, -0.1) is 0 Å². The first kappa shape index (κ1) is 25.4. The van der Waals surface area contributed by atoms with E-state index in [2.05, 4.69) is 34.5 Å².